The molecule has 0 aliphatic heterocycles. The molecule has 2 rings (SSSR count). The van der Waals surface area contributed by atoms with Gasteiger partial charge < -0.3 is 9.84 Å². The van der Waals surface area contributed by atoms with E-state index in [2.05, 4.69) is 9.97 Å². The number of carboxylic acids is 1. The van der Waals surface area contributed by atoms with Crippen molar-refractivity contribution in [1.29, 1.82) is 0 Å². The molecule has 0 fully saturated rings. The second-order valence-corrected chi connectivity index (χ2v) is 6.65. The van der Waals surface area contributed by atoms with Crippen LogP contribution in [-0.2, 0) is 9.53 Å². The van der Waals surface area contributed by atoms with Crippen LogP contribution in [-0.4, -0.2) is 39.4 Å². The summed E-state index contributed by atoms with van der Waals surface area (Å²) in [6.45, 7) is 4.03. The van der Waals surface area contributed by atoms with E-state index in [0.717, 1.165) is 18.2 Å². The zero-order valence-electron chi connectivity index (χ0n) is 11.9. The summed E-state index contributed by atoms with van der Waals surface area (Å²) in [5.41, 5.74) is 0.681. The van der Waals surface area contributed by atoms with E-state index in [1.165, 1.54) is 11.3 Å². The largest absolute Gasteiger partial charge is 0.481 e. The molecule has 0 aliphatic rings. The average molecular weight is 361 g/mol. The van der Waals surface area contributed by atoms with Gasteiger partial charge in [0.1, 0.15) is 14.9 Å². The number of nitrogens with zero attached hydrogens (tertiary/aromatic N) is 2. The Morgan fingerprint density at radius 1 is 1.41 bits per heavy atom. The second kappa shape index (κ2) is 7.26. The summed E-state index contributed by atoms with van der Waals surface area (Å²) < 4.78 is 5.13. The number of fused-ring (bicyclic) bond motifs is 1. The van der Waals surface area contributed by atoms with Crippen LogP contribution in [0.1, 0.15) is 28.6 Å². The highest BCUT2D eigenvalue weighted by atomic mass is 35.5. The van der Waals surface area contributed by atoms with Crippen molar-refractivity contribution in [2.45, 2.75) is 25.4 Å². The summed E-state index contributed by atoms with van der Waals surface area (Å²) in [5.74, 6) is -1.52. The summed E-state index contributed by atoms with van der Waals surface area (Å²) in [5, 5.41) is 9.78. The third kappa shape index (κ3) is 3.68. The topological polar surface area (TPSA) is 89.4 Å². The second-order valence-electron chi connectivity index (χ2n) is 4.35. The average Bonchev–Trinajstić information content (AvgIpc) is 2.80. The number of ether oxygens (including phenoxy) is 1. The Morgan fingerprint density at radius 3 is 2.77 bits per heavy atom. The lowest BCUT2D eigenvalue weighted by atomic mass is 10.2. The van der Waals surface area contributed by atoms with Gasteiger partial charge in [0.2, 0.25) is 0 Å². The maximum Gasteiger partial charge on any atom is 0.348 e. The first kappa shape index (κ1) is 17.0. The number of hydrogen-bond acceptors (Lipinski definition) is 7. The van der Waals surface area contributed by atoms with E-state index >= 15 is 0 Å². The van der Waals surface area contributed by atoms with Crippen molar-refractivity contribution in [3.8, 4) is 0 Å². The van der Waals surface area contributed by atoms with Crippen LogP contribution in [0.15, 0.2) is 5.16 Å². The summed E-state index contributed by atoms with van der Waals surface area (Å²) in [6.07, 6.45) is 0.742. The van der Waals surface area contributed by atoms with Crippen LogP contribution in [0.4, 0.5) is 0 Å². The fourth-order valence-electron chi connectivity index (χ4n) is 1.72. The molecule has 2 aromatic rings. The number of carbonyl (C=O) groups excluding carboxylic acids is 1. The molecule has 0 spiro atoms. The van der Waals surface area contributed by atoms with Crippen molar-refractivity contribution in [2.75, 3.05) is 12.4 Å². The Labute approximate surface area is 139 Å². The van der Waals surface area contributed by atoms with Crippen molar-refractivity contribution >= 4 is 56.9 Å². The fourth-order valence-corrected chi connectivity index (χ4v) is 3.83. The van der Waals surface area contributed by atoms with Crippen molar-refractivity contribution in [1.82, 2.24) is 9.97 Å². The number of rotatable bonds is 6. The van der Waals surface area contributed by atoms with E-state index < -0.39 is 11.9 Å². The highest BCUT2D eigenvalue weighted by molar-refractivity contribution is 7.99. The van der Waals surface area contributed by atoms with Gasteiger partial charge >= 0.3 is 11.9 Å². The van der Waals surface area contributed by atoms with Gasteiger partial charge in [-0.2, -0.15) is 0 Å². The minimum Gasteiger partial charge on any atom is -0.481 e. The zero-order chi connectivity index (χ0) is 16.3. The molecule has 118 valence electrons. The summed E-state index contributed by atoms with van der Waals surface area (Å²) >= 11 is 8.30. The molecular formula is C13H13ClN2O4S2. The first-order valence-electron chi connectivity index (χ1n) is 6.42. The van der Waals surface area contributed by atoms with Crippen LogP contribution < -0.4 is 0 Å². The molecule has 0 bridgehead atoms. The van der Waals surface area contributed by atoms with E-state index in [-0.39, 0.29) is 16.1 Å². The molecular weight excluding hydrogens is 348 g/mol. The van der Waals surface area contributed by atoms with Crippen LogP contribution in [0.2, 0.25) is 5.15 Å². The van der Waals surface area contributed by atoms with Gasteiger partial charge in [0.05, 0.1) is 17.7 Å². The molecule has 0 radical (unpaired) electrons. The van der Waals surface area contributed by atoms with Crippen LogP contribution in [0.3, 0.4) is 0 Å². The Bertz CT molecular complexity index is 732. The Morgan fingerprint density at radius 2 is 2.14 bits per heavy atom. The molecule has 0 aliphatic carbocycles. The minimum atomic E-state index is -0.962. The monoisotopic (exact) mass is 360 g/mol. The molecule has 22 heavy (non-hydrogen) atoms. The van der Waals surface area contributed by atoms with Gasteiger partial charge in [0.25, 0.3) is 0 Å². The number of aromatic nitrogens is 2. The fraction of sp³-hybridized carbons (Fsp3) is 0.385. The van der Waals surface area contributed by atoms with Crippen molar-refractivity contribution in [3.63, 3.8) is 0 Å². The molecule has 2 heterocycles. The number of esters is 1. The molecule has 0 saturated heterocycles. The summed E-state index contributed by atoms with van der Waals surface area (Å²) in [4.78, 5) is 32.0. The number of carboxylic acid groups (broad SMARTS) is 1. The van der Waals surface area contributed by atoms with Crippen molar-refractivity contribution in [3.05, 3.63) is 15.6 Å². The number of thiophene rings is 1. The highest BCUT2D eigenvalue weighted by Gasteiger charge is 2.21. The third-order valence-electron chi connectivity index (χ3n) is 2.67. The van der Waals surface area contributed by atoms with Gasteiger partial charge in [-0.1, -0.05) is 30.3 Å². The van der Waals surface area contributed by atoms with E-state index in [9.17, 15) is 9.59 Å². The predicted octanol–water partition coefficient (Wildman–Crippen LogP) is 3.40. The number of thioether (sulfide) groups is 1. The maximum absolute atomic E-state index is 12.0. The quantitative estimate of drug-likeness (QED) is 0.365. The van der Waals surface area contributed by atoms with Gasteiger partial charge in [-0.05, 0) is 18.9 Å². The summed E-state index contributed by atoms with van der Waals surface area (Å²) in [7, 11) is 0. The number of aryl methyl sites for hydroxylation is 1. The van der Waals surface area contributed by atoms with Gasteiger partial charge in [0.15, 0.2) is 5.16 Å². The lowest BCUT2D eigenvalue weighted by molar-refractivity contribution is -0.133. The number of aliphatic carboxylic acids is 1. The molecule has 0 unspecified atom stereocenters. The van der Waals surface area contributed by atoms with Crippen LogP contribution in [0.25, 0.3) is 10.2 Å². The van der Waals surface area contributed by atoms with E-state index in [1.54, 1.807) is 6.92 Å². The number of hydrogen-bond donors (Lipinski definition) is 1. The van der Waals surface area contributed by atoms with Crippen LogP contribution in [0.5, 0.6) is 0 Å². The lowest BCUT2D eigenvalue weighted by Crippen LogP contribution is -2.05. The van der Waals surface area contributed by atoms with Crippen LogP contribution in [0, 0.1) is 6.92 Å². The Balaban J connectivity index is 2.38. The summed E-state index contributed by atoms with van der Waals surface area (Å²) in [6, 6.07) is 0. The first-order valence-corrected chi connectivity index (χ1v) is 8.60. The van der Waals surface area contributed by atoms with Gasteiger partial charge in [0, 0.05) is 0 Å². The molecule has 6 nitrogen and oxygen atoms in total. The maximum atomic E-state index is 12.0. The predicted molar refractivity (Wildman–Crippen MR) is 86.1 cm³/mol. The van der Waals surface area contributed by atoms with Gasteiger partial charge in [-0.15, -0.1) is 11.3 Å². The minimum absolute atomic E-state index is 0.155. The molecule has 0 aromatic carbocycles. The molecule has 0 atom stereocenters. The molecule has 2 aromatic heterocycles. The lowest BCUT2D eigenvalue weighted by Gasteiger charge is -2.01. The number of halogens is 1. The zero-order valence-corrected chi connectivity index (χ0v) is 14.3. The number of carbonyl (C=O) groups is 2. The molecule has 9 heteroatoms. The molecule has 0 amide bonds. The highest BCUT2D eigenvalue weighted by Crippen LogP contribution is 2.35. The van der Waals surface area contributed by atoms with E-state index in [1.807, 2.05) is 6.92 Å². The third-order valence-corrected chi connectivity index (χ3v) is 4.94. The van der Waals surface area contributed by atoms with Gasteiger partial charge in [-0.25, -0.2) is 14.8 Å². The smallest absolute Gasteiger partial charge is 0.348 e. The van der Waals surface area contributed by atoms with E-state index in [0.29, 0.717) is 27.3 Å². The van der Waals surface area contributed by atoms with Gasteiger partial charge in [-0.3, -0.25) is 4.79 Å². The SMILES string of the molecule is CCCOC(=O)c1sc2nc(SCC(=O)O)nc(Cl)c2c1C. The van der Waals surface area contributed by atoms with Crippen LogP contribution >= 0.6 is 34.7 Å². The van der Waals surface area contributed by atoms with E-state index in [4.69, 9.17) is 21.4 Å². The molecule has 0 saturated carbocycles. The normalized spacial score (nSPS) is 10.9. The standard InChI is InChI=1S/C13H13ClN2O4S2/c1-3-4-20-12(19)9-6(2)8-10(14)15-13(16-11(8)22-9)21-5-7(17)18/h3-5H2,1-2H3,(H,17,18). The molecule has 1 N–H and O–H groups in total. The first-order chi connectivity index (χ1) is 10.4. The van der Waals surface area contributed by atoms with Crippen molar-refractivity contribution in [2.24, 2.45) is 0 Å². The Hall–Kier alpha value is -1.38. The Kier molecular flexibility index (Phi) is 5.60. The van der Waals surface area contributed by atoms with Crippen molar-refractivity contribution < 1.29 is 19.4 Å².